The average Bonchev–Trinajstić information content (AvgIpc) is 2.82. The Bertz CT molecular complexity index is 375. The molecule has 0 radical (unpaired) electrons. The van der Waals surface area contributed by atoms with Gasteiger partial charge in [0, 0.05) is 19.4 Å². The molecule has 114 valence electrons. The number of carboxylic acid groups (broad SMARTS) is 1. The summed E-state index contributed by atoms with van der Waals surface area (Å²) in [6.07, 6.45) is 5.17. The van der Waals surface area contributed by atoms with Crippen molar-refractivity contribution in [2.75, 3.05) is 13.2 Å². The van der Waals surface area contributed by atoms with E-state index < -0.39 is 11.5 Å². The van der Waals surface area contributed by atoms with Crippen molar-refractivity contribution in [3.8, 4) is 0 Å². The van der Waals surface area contributed by atoms with Gasteiger partial charge in [-0.1, -0.05) is 13.8 Å². The quantitative estimate of drug-likeness (QED) is 0.827. The lowest BCUT2D eigenvalue weighted by Crippen LogP contribution is -2.55. The van der Waals surface area contributed by atoms with Gasteiger partial charge in [-0.05, 0) is 37.0 Å². The van der Waals surface area contributed by atoms with Crippen molar-refractivity contribution in [3.05, 3.63) is 0 Å². The summed E-state index contributed by atoms with van der Waals surface area (Å²) in [5.74, 6) is -0.757. The first kappa shape index (κ1) is 15.3. The van der Waals surface area contributed by atoms with E-state index in [-0.39, 0.29) is 12.5 Å². The summed E-state index contributed by atoms with van der Waals surface area (Å²) in [5, 5.41) is 12.0. The van der Waals surface area contributed by atoms with Gasteiger partial charge in [0.25, 0.3) is 0 Å². The predicted octanol–water partition coefficient (Wildman–Crippen LogP) is 1.95. The zero-order valence-corrected chi connectivity index (χ0v) is 12.4. The highest BCUT2D eigenvalue weighted by Gasteiger charge is 2.44. The molecule has 2 rings (SSSR count). The van der Waals surface area contributed by atoms with Gasteiger partial charge in [-0.25, -0.2) is 4.79 Å². The highest BCUT2D eigenvalue weighted by atomic mass is 16.5. The van der Waals surface area contributed by atoms with Crippen LogP contribution in [-0.4, -0.2) is 35.7 Å². The monoisotopic (exact) mass is 283 g/mol. The van der Waals surface area contributed by atoms with E-state index in [2.05, 4.69) is 19.2 Å². The number of carboxylic acids is 1. The van der Waals surface area contributed by atoms with Crippen LogP contribution in [0.15, 0.2) is 0 Å². The molecule has 0 bridgehead atoms. The van der Waals surface area contributed by atoms with E-state index in [0.717, 1.165) is 25.7 Å². The lowest BCUT2D eigenvalue weighted by atomic mass is 9.72. The Kier molecular flexibility index (Phi) is 4.37. The molecule has 1 unspecified atom stereocenters. The lowest BCUT2D eigenvalue weighted by Gasteiger charge is -2.34. The van der Waals surface area contributed by atoms with Gasteiger partial charge in [0.2, 0.25) is 5.91 Å². The summed E-state index contributed by atoms with van der Waals surface area (Å²) in [6, 6.07) is 0. The van der Waals surface area contributed by atoms with Gasteiger partial charge in [0.15, 0.2) is 5.54 Å². The zero-order valence-electron chi connectivity index (χ0n) is 12.4. The van der Waals surface area contributed by atoms with Gasteiger partial charge >= 0.3 is 5.97 Å². The number of aliphatic carboxylic acids is 1. The van der Waals surface area contributed by atoms with E-state index in [4.69, 9.17) is 4.74 Å². The lowest BCUT2D eigenvalue weighted by molar-refractivity contribution is -0.147. The molecular weight excluding hydrogens is 258 g/mol. The molecule has 2 fully saturated rings. The second-order valence-electron chi connectivity index (χ2n) is 7.05. The van der Waals surface area contributed by atoms with Crippen LogP contribution >= 0.6 is 0 Å². The Hall–Kier alpha value is -1.10. The van der Waals surface area contributed by atoms with Crippen LogP contribution in [0.2, 0.25) is 0 Å². The van der Waals surface area contributed by atoms with E-state index in [1.807, 2.05) is 0 Å². The average molecular weight is 283 g/mol. The molecule has 1 saturated heterocycles. The maximum absolute atomic E-state index is 12.1. The fourth-order valence-electron chi connectivity index (χ4n) is 3.13. The second-order valence-corrected chi connectivity index (χ2v) is 7.05. The summed E-state index contributed by atoms with van der Waals surface area (Å²) < 4.78 is 5.14. The SMILES string of the molecule is CC1(C)CCC(CC(=O)NC2(C(=O)O)CCOC2)CC1. The normalized spacial score (nSPS) is 30.1. The number of nitrogens with one attached hydrogen (secondary N) is 1. The number of carbonyl (C=O) groups is 2. The zero-order chi connectivity index (χ0) is 14.8. The van der Waals surface area contributed by atoms with Crippen LogP contribution in [0.3, 0.4) is 0 Å². The number of rotatable bonds is 4. The molecule has 5 nitrogen and oxygen atoms in total. The van der Waals surface area contributed by atoms with Crippen LogP contribution in [0.25, 0.3) is 0 Å². The Morgan fingerprint density at radius 2 is 1.90 bits per heavy atom. The summed E-state index contributed by atoms with van der Waals surface area (Å²) in [4.78, 5) is 23.4. The van der Waals surface area contributed by atoms with Crippen LogP contribution in [0.4, 0.5) is 0 Å². The van der Waals surface area contributed by atoms with Crippen LogP contribution < -0.4 is 5.32 Å². The molecule has 1 aliphatic heterocycles. The van der Waals surface area contributed by atoms with Gasteiger partial charge in [-0.2, -0.15) is 0 Å². The maximum Gasteiger partial charge on any atom is 0.331 e. The number of hydrogen-bond donors (Lipinski definition) is 2. The summed E-state index contributed by atoms with van der Waals surface area (Å²) in [5.41, 5.74) is -0.820. The van der Waals surface area contributed by atoms with E-state index >= 15 is 0 Å². The van der Waals surface area contributed by atoms with Crippen LogP contribution in [0.1, 0.15) is 52.4 Å². The van der Waals surface area contributed by atoms with E-state index in [1.165, 1.54) is 0 Å². The molecule has 1 atom stereocenters. The smallest absolute Gasteiger partial charge is 0.331 e. The van der Waals surface area contributed by atoms with E-state index in [0.29, 0.717) is 30.8 Å². The first-order valence-electron chi connectivity index (χ1n) is 7.45. The molecule has 1 amide bonds. The molecule has 0 aromatic heterocycles. The van der Waals surface area contributed by atoms with Crippen molar-refractivity contribution < 1.29 is 19.4 Å². The Labute approximate surface area is 120 Å². The van der Waals surface area contributed by atoms with Crippen LogP contribution in [-0.2, 0) is 14.3 Å². The fraction of sp³-hybridized carbons (Fsp3) is 0.867. The number of carbonyl (C=O) groups excluding carboxylic acids is 1. The first-order valence-corrected chi connectivity index (χ1v) is 7.45. The minimum atomic E-state index is -1.20. The van der Waals surface area contributed by atoms with Gasteiger partial charge in [0.05, 0.1) is 6.61 Å². The van der Waals surface area contributed by atoms with Crippen LogP contribution in [0.5, 0.6) is 0 Å². The van der Waals surface area contributed by atoms with E-state index in [9.17, 15) is 14.7 Å². The molecule has 1 heterocycles. The predicted molar refractivity (Wildman–Crippen MR) is 74.3 cm³/mol. The summed E-state index contributed by atoms with van der Waals surface area (Å²) in [7, 11) is 0. The number of hydrogen-bond acceptors (Lipinski definition) is 3. The Morgan fingerprint density at radius 3 is 2.40 bits per heavy atom. The van der Waals surface area contributed by atoms with Crippen molar-refractivity contribution in [1.29, 1.82) is 0 Å². The molecule has 1 aliphatic carbocycles. The molecule has 1 saturated carbocycles. The Balaban J connectivity index is 1.85. The highest BCUT2D eigenvalue weighted by Crippen LogP contribution is 2.39. The van der Waals surface area contributed by atoms with Gasteiger partial charge < -0.3 is 15.2 Å². The molecule has 2 N–H and O–H groups in total. The largest absolute Gasteiger partial charge is 0.479 e. The highest BCUT2D eigenvalue weighted by molar-refractivity contribution is 5.87. The van der Waals surface area contributed by atoms with Gasteiger partial charge in [-0.3, -0.25) is 4.79 Å². The minimum Gasteiger partial charge on any atom is -0.479 e. The van der Waals surface area contributed by atoms with Crippen molar-refractivity contribution in [3.63, 3.8) is 0 Å². The first-order chi connectivity index (χ1) is 9.33. The van der Waals surface area contributed by atoms with Gasteiger partial charge in [0.1, 0.15) is 0 Å². The molecule has 2 aliphatic rings. The Morgan fingerprint density at radius 1 is 1.25 bits per heavy atom. The van der Waals surface area contributed by atoms with Crippen molar-refractivity contribution >= 4 is 11.9 Å². The van der Waals surface area contributed by atoms with Crippen molar-refractivity contribution in [1.82, 2.24) is 5.32 Å². The molecule has 20 heavy (non-hydrogen) atoms. The molecule has 0 spiro atoms. The minimum absolute atomic E-state index is 0.0752. The third-order valence-corrected chi connectivity index (χ3v) is 4.74. The fourth-order valence-corrected chi connectivity index (χ4v) is 3.13. The standard InChI is InChI=1S/C15H25NO4/c1-14(2)5-3-11(4-6-14)9-12(17)16-15(13(18)19)7-8-20-10-15/h11H,3-10H2,1-2H3,(H,16,17)(H,18,19). The third-order valence-electron chi connectivity index (χ3n) is 4.74. The van der Waals surface area contributed by atoms with E-state index in [1.54, 1.807) is 0 Å². The summed E-state index contributed by atoms with van der Waals surface area (Å²) in [6.45, 7) is 4.99. The molecule has 5 heteroatoms. The molecule has 0 aromatic rings. The topological polar surface area (TPSA) is 75.6 Å². The van der Waals surface area contributed by atoms with Gasteiger partial charge in [-0.15, -0.1) is 0 Å². The molecular formula is C15H25NO4. The number of ether oxygens (including phenoxy) is 1. The third kappa shape index (κ3) is 3.51. The maximum atomic E-state index is 12.1. The van der Waals surface area contributed by atoms with Crippen LogP contribution in [0, 0.1) is 11.3 Å². The summed E-state index contributed by atoms with van der Waals surface area (Å²) >= 11 is 0. The second kappa shape index (κ2) is 5.72. The number of amides is 1. The van der Waals surface area contributed by atoms with Crippen molar-refractivity contribution in [2.45, 2.75) is 57.9 Å². The van der Waals surface area contributed by atoms with Crippen molar-refractivity contribution in [2.24, 2.45) is 11.3 Å². The molecule has 0 aromatic carbocycles.